The Morgan fingerprint density at radius 2 is 0.459 bits per heavy atom. The molecule has 0 atom stereocenters. The predicted molar refractivity (Wildman–Crippen MR) is 493 cm³/mol. The van der Waals surface area contributed by atoms with Gasteiger partial charge in [0.15, 0.2) is 0 Å². The Morgan fingerprint density at radius 3 is 0.844 bits per heavy atom. The summed E-state index contributed by atoms with van der Waals surface area (Å²) < 4.78 is 0. The molecule has 0 saturated heterocycles. The summed E-state index contributed by atoms with van der Waals surface area (Å²) in [4.78, 5) is 14.0. The summed E-state index contributed by atoms with van der Waals surface area (Å²) in [5.74, 6) is 0. The van der Waals surface area contributed by atoms with Gasteiger partial charge in [0.1, 0.15) is 0 Å². The molecule has 6 heteroatoms. The molecule has 6 aliphatic heterocycles. The summed E-state index contributed by atoms with van der Waals surface area (Å²) in [6.45, 7) is 98.2. The van der Waals surface area contributed by atoms with E-state index in [4.69, 9.17) is 0 Å². The highest BCUT2D eigenvalue weighted by Crippen LogP contribution is 2.38. The molecule has 0 spiro atoms. The van der Waals surface area contributed by atoms with Crippen molar-refractivity contribution in [2.45, 2.75) is 312 Å². The average molecular weight is 1480 g/mol. The molecule has 6 nitrogen and oxygen atoms in total. The molecular formula is C103H154N6. The van der Waals surface area contributed by atoms with Crippen LogP contribution in [0.4, 0.5) is 11.4 Å². The van der Waals surface area contributed by atoms with Crippen LogP contribution < -0.4 is 51.5 Å². The van der Waals surface area contributed by atoms with Crippen molar-refractivity contribution in [1.29, 1.82) is 0 Å². The minimum absolute atomic E-state index is 0. The van der Waals surface area contributed by atoms with Crippen LogP contribution in [0.25, 0.3) is 56.0 Å². The van der Waals surface area contributed by atoms with Crippen molar-refractivity contribution in [3.63, 3.8) is 0 Å². The number of hydrogen-bond acceptors (Lipinski definition) is 6. The van der Waals surface area contributed by atoms with Crippen molar-refractivity contribution in [2.75, 3.05) is 52.1 Å². The Balaban J connectivity index is 0.000000277. The lowest BCUT2D eigenvalue weighted by Gasteiger charge is -2.33. The van der Waals surface area contributed by atoms with Gasteiger partial charge < -0.3 is 29.4 Å². The van der Waals surface area contributed by atoms with Crippen molar-refractivity contribution < 1.29 is 0 Å². The van der Waals surface area contributed by atoms with Gasteiger partial charge in [-0.2, -0.15) is 0 Å². The number of allylic oxidation sites excluding steroid dienone is 19. The first-order chi connectivity index (χ1) is 49.5. The smallest absolute Gasteiger partial charge is 0.0520 e. The Labute approximate surface area is 668 Å². The van der Waals surface area contributed by atoms with Crippen molar-refractivity contribution >= 4 is 67.4 Å². The van der Waals surface area contributed by atoms with Crippen LogP contribution >= 0.6 is 0 Å². The fraction of sp³-hybridized carbons (Fsp3) is 0.495. The van der Waals surface area contributed by atoms with E-state index in [1.54, 1.807) is 0 Å². The summed E-state index contributed by atoms with van der Waals surface area (Å²) in [7, 11) is 13.0. The van der Waals surface area contributed by atoms with Gasteiger partial charge in [-0.25, -0.2) is 0 Å². The number of anilines is 2. The lowest BCUT2D eigenvalue weighted by atomic mass is 9.86. The van der Waals surface area contributed by atoms with E-state index in [2.05, 4.69) is 376 Å². The molecule has 6 aliphatic rings. The van der Waals surface area contributed by atoms with E-state index in [0.29, 0.717) is 0 Å². The topological polar surface area (TPSA) is 19.4 Å². The standard InChI is InChI=1S/4C19H27N.2C13H21N.CH4/c1-10(2)17-13(5)11(3)15(7)19-18(17)14(6)12(4)16(8)20(19)9;1-10(2)17-11(3)12(4)19-16(8)20(9)15(7)13(5)18(19)14(17)6;1-10(2)17-13(5)14(6)18-12(4)11(3)16(8)20(9)19(18)15(17)7;1-10(2)17-12(4)11(3)13(5)18-14(6)15(7)20(9)16(8)19(17)18;1-8(2)13-9(3)11(5)14(7)12(6)10(13)4;1-8(2)13-11(5)9(3)10(4)12(6)14(13)7;/h4*1-9H3;2*1-7H3;1H4. The molecule has 10 rings (SSSR count). The van der Waals surface area contributed by atoms with Gasteiger partial charge in [-0.3, -0.25) is 0 Å². The first-order valence-corrected chi connectivity index (χ1v) is 39.9. The van der Waals surface area contributed by atoms with Crippen LogP contribution in [0.2, 0.25) is 0 Å². The normalized spacial score (nSPS) is 15.6. The number of benzene rings is 4. The van der Waals surface area contributed by atoms with Gasteiger partial charge in [0.05, 0.1) is 11.4 Å². The number of likely N-dealkylation sites (N-methyl/N-ethyl adjacent to an activating group) is 1. The quantitative estimate of drug-likeness (QED) is 0.174. The molecule has 0 saturated carbocycles. The molecule has 0 aliphatic carbocycles. The highest BCUT2D eigenvalue weighted by Gasteiger charge is 2.28. The Hall–Kier alpha value is -7.96. The molecule has 0 bridgehead atoms. The van der Waals surface area contributed by atoms with Crippen molar-refractivity contribution in [2.24, 2.45) is 0 Å². The van der Waals surface area contributed by atoms with E-state index >= 15 is 0 Å². The number of nitrogens with zero attached hydrogens (tertiary/aromatic N) is 6. The van der Waals surface area contributed by atoms with Crippen LogP contribution in [0.15, 0.2) is 101 Å². The molecule has 596 valence electrons. The van der Waals surface area contributed by atoms with Gasteiger partial charge in [0.2, 0.25) is 0 Å². The maximum absolute atomic E-state index is 2.37. The van der Waals surface area contributed by atoms with Crippen LogP contribution in [0.5, 0.6) is 0 Å². The molecule has 0 fully saturated rings. The zero-order valence-electron chi connectivity index (χ0n) is 78.7. The summed E-state index contributed by atoms with van der Waals surface area (Å²) in [5, 5.41) is 11.5. The van der Waals surface area contributed by atoms with E-state index in [-0.39, 0.29) is 7.43 Å². The third kappa shape index (κ3) is 16.7. The van der Waals surface area contributed by atoms with Crippen LogP contribution in [-0.4, -0.2) is 61.9 Å². The Bertz CT molecular complexity index is 5320. The number of rotatable bonds is 0. The van der Waals surface area contributed by atoms with Crippen LogP contribution in [0, 0.1) is 83.1 Å². The average Bonchev–Trinajstić information content (AvgIpc) is 0.752. The first kappa shape index (κ1) is 93.4. The zero-order valence-corrected chi connectivity index (χ0v) is 78.7. The highest BCUT2D eigenvalue weighted by molar-refractivity contribution is 5.82. The first-order valence-electron chi connectivity index (χ1n) is 39.9. The minimum Gasteiger partial charge on any atom is -0.352 e. The van der Waals surface area contributed by atoms with Gasteiger partial charge in [-0.05, 0) is 470 Å². The third-order valence-corrected chi connectivity index (χ3v) is 27.2. The second-order valence-electron chi connectivity index (χ2n) is 34.2. The molecule has 0 amide bonds. The summed E-state index contributed by atoms with van der Waals surface area (Å²) >= 11 is 0. The maximum atomic E-state index is 2.37. The van der Waals surface area contributed by atoms with Crippen LogP contribution in [0.1, 0.15) is 307 Å². The van der Waals surface area contributed by atoms with Gasteiger partial charge >= 0.3 is 0 Å². The van der Waals surface area contributed by atoms with E-state index in [0.717, 1.165) is 0 Å². The number of hydrogen-bond donors (Lipinski definition) is 0. The summed E-state index contributed by atoms with van der Waals surface area (Å²) in [6, 6.07) is 0. The number of fused-ring (bicyclic) bond motifs is 4. The molecule has 109 heavy (non-hydrogen) atoms. The highest BCUT2D eigenvalue weighted by atomic mass is 15.1. The van der Waals surface area contributed by atoms with Crippen molar-refractivity contribution in [3.05, 3.63) is 221 Å². The second-order valence-corrected chi connectivity index (χ2v) is 34.2. The lowest BCUT2D eigenvalue weighted by molar-refractivity contribution is 0.501. The van der Waals surface area contributed by atoms with E-state index in [1.807, 2.05) is 0 Å². The van der Waals surface area contributed by atoms with Gasteiger partial charge in [0.25, 0.3) is 0 Å². The van der Waals surface area contributed by atoms with E-state index in [1.165, 1.54) is 288 Å². The second kappa shape index (κ2) is 35.6. The fourth-order valence-electron chi connectivity index (χ4n) is 18.5. The maximum Gasteiger partial charge on any atom is 0.0520 e. The molecule has 0 N–H and O–H groups in total. The van der Waals surface area contributed by atoms with Crippen molar-refractivity contribution in [3.8, 4) is 0 Å². The monoisotopic (exact) mass is 1480 g/mol. The zero-order chi connectivity index (χ0) is 83.5. The van der Waals surface area contributed by atoms with Gasteiger partial charge in [-0.15, -0.1) is 0 Å². The SMILES string of the molecule is C.CC(C)=C1C(C)=C(C)C(C)=C(C)N1C.CC(C)=C1C(C)=C(C)N(C)C(C)=C1C.CC1=C(C)N(C)C(C)=c2c(C)c(C)c(=C(C)C)c(C)c21.CC1=C(C)N(C)C(C)=c2c1c(C)c(C)c(C)c2=C(C)C.CC1=C(C)N(C)c2c(C)c(=C(C)C)c(C)c(C)c2=C1C.CC1=C(C)N(C)c2c(C)c(C)c(C)c(=C(C)C)c2=C1C. The van der Waals surface area contributed by atoms with E-state index < -0.39 is 0 Å². The van der Waals surface area contributed by atoms with Crippen LogP contribution in [0.3, 0.4) is 0 Å². The summed E-state index contributed by atoms with van der Waals surface area (Å²) in [5.41, 5.74) is 61.9. The van der Waals surface area contributed by atoms with Crippen molar-refractivity contribution in [1.82, 2.24) is 19.6 Å². The fourth-order valence-corrected chi connectivity index (χ4v) is 18.5. The minimum atomic E-state index is 0. The predicted octanol–water partition coefficient (Wildman–Crippen LogP) is 23.0. The van der Waals surface area contributed by atoms with Gasteiger partial charge in [-0.1, -0.05) is 40.9 Å². The molecule has 0 unspecified atom stereocenters. The third-order valence-electron chi connectivity index (χ3n) is 27.2. The molecule has 0 aromatic heterocycles. The van der Waals surface area contributed by atoms with Crippen LogP contribution in [-0.2, 0) is 0 Å². The molecule has 4 aromatic carbocycles. The molecule has 6 heterocycles. The summed E-state index contributed by atoms with van der Waals surface area (Å²) in [6.07, 6.45) is 0. The largest absolute Gasteiger partial charge is 0.352 e. The van der Waals surface area contributed by atoms with Gasteiger partial charge in [0, 0.05) is 120 Å². The molecular weight excluding hydrogens is 1320 g/mol. The molecule has 4 aromatic rings. The Morgan fingerprint density at radius 1 is 0.174 bits per heavy atom. The lowest BCUT2D eigenvalue weighted by Crippen LogP contribution is -2.41. The molecule has 0 radical (unpaired) electrons. The van der Waals surface area contributed by atoms with E-state index in [9.17, 15) is 0 Å². The Kier molecular flexibility index (Phi) is 30.5.